The normalized spacial score (nSPS) is 22.6. The zero-order valence-corrected chi connectivity index (χ0v) is 34.7. The Morgan fingerprint density at radius 2 is 1.73 bits per heavy atom. The molecule has 306 valence electrons. The molecule has 6 atom stereocenters. The van der Waals surface area contributed by atoms with Crippen molar-refractivity contribution in [3.05, 3.63) is 37.1 Å². The quantitative estimate of drug-likeness (QED) is 0.136. The van der Waals surface area contributed by atoms with Crippen molar-refractivity contribution in [3.63, 3.8) is 0 Å². The van der Waals surface area contributed by atoms with Crippen molar-refractivity contribution in [2.24, 2.45) is 28.6 Å². The van der Waals surface area contributed by atoms with E-state index < -0.39 is 69.3 Å². The van der Waals surface area contributed by atoms with Gasteiger partial charge in [-0.2, -0.15) is 4.31 Å². The number of aromatic nitrogens is 1. The molecule has 3 fully saturated rings. The number of Topliss-reactive ketones (excluding diaryl/α,β-unsaturated/α-hetero) is 1. The maximum absolute atomic E-state index is 14.8. The zero-order chi connectivity index (χ0) is 40.9. The lowest BCUT2D eigenvalue weighted by Crippen LogP contribution is -2.62. The van der Waals surface area contributed by atoms with Crippen LogP contribution in [0.4, 0.5) is 4.79 Å². The highest BCUT2D eigenvalue weighted by molar-refractivity contribution is 7.89. The average Bonchev–Trinajstić information content (AvgIpc) is 3.43. The largest absolute Gasteiger partial charge is 0.346 e. The number of rotatable bonds is 17. The number of piperidine rings is 1. The van der Waals surface area contributed by atoms with E-state index >= 15 is 0 Å². The number of nitrogens with zero attached hydrogens (tertiary/aromatic N) is 3. The van der Waals surface area contributed by atoms with Crippen molar-refractivity contribution in [2.75, 3.05) is 19.6 Å². The number of fused-ring (bicyclic) bond motifs is 1. The number of hydrogen-bond acceptors (Lipinski definition) is 8. The molecule has 55 heavy (non-hydrogen) atoms. The summed E-state index contributed by atoms with van der Waals surface area (Å²) in [7, 11) is -4.00. The number of pyridine rings is 1. The van der Waals surface area contributed by atoms with Crippen LogP contribution in [0.15, 0.2) is 42.1 Å². The Kier molecular flexibility index (Phi) is 14.3. The van der Waals surface area contributed by atoms with Gasteiger partial charge in [0, 0.05) is 37.9 Å². The van der Waals surface area contributed by atoms with Crippen LogP contribution in [-0.2, 0) is 29.2 Å². The Hall–Kier alpha value is -3.85. The van der Waals surface area contributed by atoms with Crippen LogP contribution in [0, 0.1) is 28.6 Å². The third-order valence-corrected chi connectivity index (χ3v) is 13.7. The first-order valence-corrected chi connectivity index (χ1v) is 21.2. The first kappa shape index (κ1) is 43.9. The molecule has 0 radical (unpaired) electrons. The van der Waals surface area contributed by atoms with Crippen molar-refractivity contribution >= 4 is 39.6 Å². The number of likely N-dealkylation sites (tertiary alicyclic amines) is 1. The Balaban J connectivity index is 1.58. The minimum atomic E-state index is -4.00. The number of amides is 5. The van der Waals surface area contributed by atoms with Gasteiger partial charge in [0.2, 0.25) is 17.6 Å². The molecule has 1 aliphatic heterocycles. The molecule has 2 saturated carbocycles. The van der Waals surface area contributed by atoms with Crippen LogP contribution in [0.2, 0.25) is 0 Å². The Morgan fingerprint density at radius 3 is 2.29 bits per heavy atom. The van der Waals surface area contributed by atoms with E-state index in [1.165, 1.54) is 22.6 Å². The first-order valence-electron chi connectivity index (χ1n) is 19.8. The van der Waals surface area contributed by atoms with Gasteiger partial charge in [-0.1, -0.05) is 79.4 Å². The second-order valence-electron chi connectivity index (χ2n) is 17.4. The smallest absolute Gasteiger partial charge is 0.315 e. The molecular formula is C40H63N7O7S. The van der Waals surface area contributed by atoms with Gasteiger partial charge in [-0.25, -0.2) is 18.2 Å². The number of sulfonamides is 1. The lowest BCUT2D eigenvalue weighted by Gasteiger charge is -2.39. The molecular weight excluding hydrogens is 723 g/mol. The molecule has 1 saturated heterocycles. The monoisotopic (exact) mass is 785 g/mol. The molecule has 2 aliphatic carbocycles. The second-order valence-corrected chi connectivity index (χ2v) is 19.2. The Bertz CT molecular complexity index is 1670. The van der Waals surface area contributed by atoms with Crippen LogP contribution in [0.3, 0.4) is 0 Å². The molecule has 0 spiro atoms. The lowest BCUT2D eigenvalue weighted by atomic mass is 9.83. The Morgan fingerprint density at radius 1 is 1.05 bits per heavy atom. The van der Waals surface area contributed by atoms with Crippen molar-refractivity contribution in [1.29, 1.82) is 0 Å². The standard InChI is InChI=1S/C40H63N7O7S/c1-10-17-28(34(48)36(50)42-21-11-2)43-35(49)33-31-27(40(31,8)9)23-46(33)37(51)32(26-18-13-12-14-19-26)45-38(52)44-29(39(5,6)7)24-47(25(3)4)55(53,54)30-20-15-16-22-41-30/h11,15-16,20,22,25-29,31-33H,2,10,12-14,17-19,21,23-24H2,1,3-9H3,(H,42,50)(H,43,49)(H2,44,45,52)/t27-,28?,29+,31-,32-,33-/m0/s1. The van der Waals surface area contributed by atoms with Crippen molar-refractivity contribution in [2.45, 2.75) is 136 Å². The van der Waals surface area contributed by atoms with E-state index in [0.717, 1.165) is 32.1 Å². The van der Waals surface area contributed by atoms with Crippen LogP contribution in [-0.4, -0.2) is 102 Å². The van der Waals surface area contributed by atoms with Crippen LogP contribution in [0.5, 0.6) is 0 Å². The summed E-state index contributed by atoms with van der Waals surface area (Å²) in [4.78, 5) is 74.3. The fraction of sp³-hybridized carbons (Fsp3) is 0.700. The minimum absolute atomic E-state index is 0.0361. The van der Waals surface area contributed by atoms with Crippen LogP contribution >= 0.6 is 0 Å². The third-order valence-electron chi connectivity index (χ3n) is 11.8. The average molecular weight is 786 g/mol. The molecule has 0 aromatic carbocycles. The van der Waals surface area contributed by atoms with Crippen molar-refractivity contribution in [3.8, 4) is 0 Å². The highest BCUT2D eigenvalue weighted by Gasteiger charge is 2.69. The molecule has 15 heteroatoms. The van der Waals surface area contributed by atoms with Gasteiger partial charge < -0.3 is 26.2 Å². The molecule has 3 aliphatic rings. The van der Waals surface area contributed by atoms with E-state index in [1.54, 1.807) is 30.9 Å². The van der Waals surface area contributed by atoms with E-state index in [9.17, 15) is 32.4 Å². The summed E-state index contributed by atoms with van der Waals surface area (Å²) in [6.45, 7) is 19.2. The third kappa shape index (κ3) is 10.1. The SMILES string of the molecule is C=CCNC(=O)C(=O)C(CCC)NC(=O)[C@@H]1[C@@H]2[C@H](CN1C(=O)[C@@H](NC(=O)N[C@H](CN(C(C)C)S(=O)(=O)c1ccccn1)C(C)(C)C)C1CCCCC1)C2(C)C. The number of nitrogens with one attached hydrogen (secondary N) is 4. The summed E-state index contributed by atoms with van der Waals surface area (Å²) in [5.41, 5.74) is -0.804. The second kappa shape index (κ2) is 18.0. The summed E-state index contributed by atoms with van der Waals surface area (Å²) in [6.07, 6.45) is 7.94. The van der Waals surface area contributed by atoms with E-state index in [1.807, 2.05) is 27.7 Å². The fourth-order valence-electron chi connectivity index (χ4n) is 8.33. The summed E-state index contributed by atoms with van der Waals surface area (Å²) < 4.78 is 28.8. The molecule has 14 nitrogen and oxygen atoms in total. The summed E-state index contributed by atoms with van der Waals surface area (Å²) in [6, 6.07) is 0.110. The summed E-state index contributed by atoms with van der Waals surface area (Å²) in [5.74, 6) is -2.69. The molecule has 1 aromatic rings. The number of ketones is 1. The molecule has 2 heterocycles. The van der Waals surface area contributed by atoms with E-state index in [2.05, 4.69) is 46.7 Å². The molecule has 1 aromatic heterocycles. The number of carbonyl (C=O) groups is 5. The summed E-state index contributed by atoms with van der Waals surface area (Å²) >= 11 is 0. The topological polar surface area (TPSA) is 187 Å². The van der Waals surface area contributed by atoms with Gasteiger partial charge in [-0.3, -0.25) is 19.2 Å². The van der Waals surface area contributed by atoms with Crippen LogP contribution < -0.4 is 21.3 Å². The van der Waals surface area contributed by atoms with Gasteiger partial charge in [0.05, 0.1) is 6.04 Å². The predicted molar refractivity (Wildman–Crippen MR) is 210 cm³/mol. The van der Waals surface area contributed by atoms with Gasteiger partial charge in [0.1, 0.15) is 12.1 Å². The number of carbonyl (C=O) groups excluding carboxylic acids is 5. The first-order chi connectivity index (χ1) is 25.8. The van der Waals surface area contributed by atoms with Gasteiger partial charge >= 0.3 is 6.03 Å². The van der Waals surface area contributed by atoms with E-state index in [0.29, 0.717) is 13.0 Å². The van der Waals surface area contributed by atoms with E-state index in [4.69, 9.17) is 0 Å². The molecule has 4 rings (SSSR count). The molecule has 5 amide bonds. The van der Waals surface area contributed by atoms with E-state index in [-0.39, 0.29) is 53.6 Å². The lowest BCUT2D eigenvalue weighted by molar-refractivity contribution is -0.144. The van der Waals surface area contributed by atoms with Crippen molar-refractivity contribution in [1.82, 2.24) is 35.5 Å². The highest BCUT2D eigenvalue weighted by atomic mass is 32.2. The molecule has 4 N–H and O–H groups in total. The fourth-order valence-corrected chi connectivity index (χ4v) is 9.91. The van der Waals surface area contributed by atoms with Gasteiger partial charge in [0.15, 0.2) is 5.03 Å². The van der Waals surface area contributed by atoms with Gasteiger partial charge in [0.25, 0.3) is 15.9 Å². The Labute approximate surface area is 327 Å². The predicted octanol–water partition coefficient (Wildman–Crippen LogP) is 3.78. The molecule has 0 bridgehead atoms. The molecule has 1 unspecified atom stereocenters. The highest BCUT2D eigenvalue weighted by Crippen LogP contribution is 2.65. The summed E-state index contributed by atoms with van der Waals surface area (Å²) in [5, 5.41) is 11.2. The maximum Gasteiger partial charge on any atom is 0.315 e. The maximum atomic E-state index is 14.8. The van der Waals surface area contributed by atoms with Crippen LogP contribution in [0.1, 0.15) is 100 Å². The van der Waals surface area contributed by atoms with Gasteiger partial charge in [-0.05, 0) is 73.8 Å². The minimum Gasteiger partial charge on any atom is -0.346 e. The number of hydrogen-bond donors (Lipinski definition) is 4. The zero-order valence-electron chi connectivity index (χ0n) is 33.9. The van der Waals surface area contributed by atoms with Gasteiger partial charge in [-0.15, -0.1) is 6.58 Å². The van der Waals surface area contributed by atoms with Crippen LogP contribution in [0.25, 0.3) is 0 Å². The van der Waals surface area contributed by atoms with Crippen molar-refractivity contribution < 1.29 is 32.4 Å². The number of urea groups is 1.